The van der Waals surface area contributed by atoms with Crippen LogP contribution in [-0.4, -0.2) is 28.6 Å². The van der Waals surface area contributed by atoms with Gasteiger partial charge in [-0.15, -0.1) is 11.3 Å². The normalized spacial score (nSPS) is 27.3. The number of nitrogens with zero attached hydrogens (tertiary/aromatic N) is 2. The van der Waals surface area contributed by atoms with Crippen LogP contribution in [0.25, 0.3) is 0 Å². The molecule has 1 aliphatic carbocycles. The molecule has 0 radical (unpaired) electrons. The molecule has 1 aliphatic heterocycles. The standard InChI is InChI=1S/C13H18N2O2S/c1-8-4-2-3-7-15(8)13-14-11-9(12(16)17)5-6-10(11)18-13/h8-9H,2-7H2,1H3,(H,16,17). The lowest BCUT2D eigenvalue weighted by Gasteiger charge is -2.33. The van der Waals surface area contributed by atoms with Crippen LogP contribution in [0, 0.1) is 0 Å². The summed E-state index contributed by atoms with van der Waals surface area (Å²) in [6.45, 7) is 3.30. The minimum absolute atomic E-state index is 0.370. The number of rotatable bonds is 2. The maximum atomic E-state index is 11.2. The van der Waals surface area contributed by atoms with Crippen molar-refractivity contribution in [1.29, 1.82) is 0 Å². The monoisotopic (exact) mass is 266 g/mol. The number of carboxylic acids is 1. The summed E-state index contributed by atoms with van der Waals surface area (Å²) in [6.07, 6.45) is 5.33. The molecular formula is C13H18N2O2S. The molecule has 1 N–H and O–H groups in total. The molecular weight excluding hydrogens is 248 g/mol. The van der Waals surface area contributed by atoms with Gasteiger partial charge in [0.15, 0.2) is 5.13 Å². The second kappa shape index (κ2) is 4.53. The van der Waals surface area contributed by atoms with Crippen LogP contribution >= 0.6 is 11.3 Å². The van der Waals surface area contributed by atoms with E-state index in [0.29, 0.717) is 6.04 Å². The number of hydrogen-bond acceptors (Lipinski definition) is 4. The van der Waals surface area contributed by atoms with Crippen molar-refractivity contribution in [2.45, 2.75) is 51.0 Å². The summed E-state index contributed by atoms with van der Waals surface area (Å²) in [6, 6.07) is 0.535. The third kappa shape index (κ3) is 1.90. The fourth-order valence-electron chi connectivity index (χ4n) is 2.96. The van der Waals surface area contributed by atoms with Crippen molar-refractivity contribution in [3.05, 3.63) is 10.6 Å². The van der Waals surface area contributed by atoms with E-state index in [1.54, 1.807) is 11.3 Å². The second-order valence-corrected chi connectivity index (χ2v) is 6.33. The van der Waals surface area contributed by atoms with Gasteiger partial charge in [0.05, 0.1) is 5.69 Å². The summed E-state index contributed by atoms with van der Waals surface area (Å²) in [5.74, 6) is -1.10. The van der Waals surface area contributed by atoms with Gasteiger partial charge in [-0.25, -0.2) is 4.98 Å². The summed E-state index contributed by atoms with van der Waals surface area (Å²) in [5, 5.41) is 10.2. The van der Waals surface area contributed by atoms with Gasteiger partial charge in [-0.1, -0.05) is 0 Å². The van der Waals surface area contributed by atoms with E-state index in [1.165, 1.54) is 24.1 Å². The van der Waals surface area contributed by atoms with E-state index in [1.807, 2.05) is 0 Å². The molecule has 2 atom stereocenters. The second-order valence-electron chi connectivity index (χ2n) is 5.27. The van der Waals surface area contributed by atoms with Gasteiger partial charge in [-0.05, 0) is 39.0 Å². The molecule has 1 aromatic heterocycles. The van der Waals surface area contributed by atoms with Crippen molar-refractivity contribution in [2.75, 3.05) is 11.4 Å². The number of anilines is 1. The summed E-state index contributed by atoms with van der Waals surface area (Å²) < 4.78 is 0. The Bertz CT molecular complexity index is 472. The predicted octanol–water partition coefficient (Wildman–Crippen LogP) is 2.64. The smallest absolute Gasteiger partial charge is 0.312 e. The average molecular weight is 266 g/mol. The SMILES string of the molecule is CC1CCCCN1c1nc2c(s1)CCC2C(=O)O. The Hall–Kier alpha value is -1.10. The predicted molar refractivity (Wildman–Crippen MR) is 71.5 cm³/mol. The van der Waals surface area contributed by atoms with Crippen molar-refractivity contribution in [1.82, 2.24) is 4.98 Å². The lowest BCUT2D eigenvalue weighted by atomic mass is 10.0. The van der Waals surface area contributed by atoms with Crippen molar-refractivity contribution in [2.24, 2.45) is 0 Å². The minimum atomic E-state index is -0.725. The first-order valence-electron chi connectivity index (χ1n) is 6.66. The van der Waals surface area contributed by atoms with Gasteiger partial charge < -0.3 is 10.0 Å². The lowest BCUT2D eigenvalue weighted by molar-refractivity contribution is -0.138. The highest BCUT2D eigenvalue weighted by Gasteiger charge is 2.34. The van der Waals surface area contributed by atoms with Gasteiger partial charge in [0, 0.05) is 17.5 Å². The number of thiazole rings is 1. The average Bonchev–Trinajstić information content (AvgIpc) is 2.88. The maximum Gasteiger partial charge on any atom is 0.312 e. The minimum Gasteiger partial charge on any atom is -0.481 e. The Morgan fingerprint density at radius 1 is 1.44 bits per heavy atom. The largest absolute Gasteiger partial charge is 0.481 e. The maximum absolute atomic E-state index is 11.2. The zero-order valence-corrected chi connectivity index (χ0v) is 11.4. The van der Waals surface area contributed by atoms with Crippen LogP contribution in [0.15, 0.2) is 0 Å². The molecule has 2 heterocycles. The van der Waals surface area contributed by atoms with Crippen LogP contribution in [0.5, 0.6) is 0 Å². The van der Waals surface area contributed by atoms with Crippen LogP contribution in [-0.2, 0) is 11.2 Å². The van der Waals surface area contributed by atoms with E-state index < -0.39 is 5.97 Å². The van der Waals surface area contributed by atoms with E-state index in [9.17, 15) is 9.90 Å². The number of carboxylic acid groups (broad SMARTS) is 1. The first kappa shape index (κ1) is 12.0. The number of carbonyl (C=O) groups is 1. The summed E-state index contributed by atoms with van der Waals surface area (Å²) >= 11 is 1.70. The highest BCUT2D eigenvalue weighted by atomic mass is 32.1. The van der Waals surface area contributed by atoms with Gasteiger partial charge >= 0.3 is 5.97 Å². The molecule has 2 unspecified atom stereocenters. The van der Waals surface area contributed by atoms with Crippen LogP contribution in [0.1, 0.15) is 49.1 Å². The highest BCUT2D eigenvalue weighted by molar-refractivity contribution is 7.15. The van der Waals surface area contributed by atoms with Crippen molar-refractivity contribution in [3.63, 3.8) is 0 Å². The summed E-state index contributed by atoms with van der Waals surface area (Å²) in [4.78, 5) is 19.3. The van der Waals surface area contributed by atoms with Crippen LogP contribution in [0.3, 0.4) is 0 Å². The molecule has 4 nitrogen and oxygen atoms in total. The first-order chi connectivity index (χ1) is 8.66. The Morgan fingerprint density at radius 2 is 2.28 bits per heavy atom. The molecule has 0 aromatic carbocycles. The van der Waals surface area contributed by atoms with E-state index in [2.05, 4.69) is 16.8 Å². The third-order valence-corrected chi connectivity index (χ3v) is 5.22. The van der Waals surface area contributed by atoms with Gasteiger partial charge in [0.1, 0.15) is 5.92 Å². The van der Waals surface area contributed by atoms with Crippen LogP contribution in [0.4, 0.5) is 5.13 Å². The Labute approximate surface area is 111 Å². The van der Waals surface area contributed by atoms with E-state index in [4.69, 9.17) is 0 Å². The molecule has 1 saturated heterocycles. The molecule has 18 heavy (non-hydrogen) atoms. The van der Waals surface area contributed by atoms with E-state index >= 15 is 0 Å². The molecule has 5 heteroatoms. The molecule has 0 amide bonds. The molecule has 1 fully saturated rings. The highest BCUT2D eigenvalue weighted by Crippen LogP contribution is 2.40. The molecule has 0 spiro atoms. The number of piperidine rings is 1. The fraction of sp³-hybridized carbons (Fsp3) is 0.692. The van der Waals surface area contributed by atoms with Crippen molar-refractivity contribution in [3.8, 4) is 0 Å². The molecule has 2 aliphatic rings. The van der Waals surface area contributed by atoms with Gasteiger partial charge in [0.25, 0.3) is 0 Å². The quantitative estimate of drug-likeness (QED) is 0.894. The topological polar surface area (TPSA) is 53.4 Å². The van der Waals surface area contributed by atoms with Gasteiger partial charge in [0.2, 0.25) is 0 Å². The number of aryl methyl sites for hydroxylation is 1. The molecule has 98 valence electrons. The Balaban J connectivity index is 1.87. The van der Waals surface area contributed by atoms with Crippen molar-refractivity contribution >= 4 is 22.4 Å². The molecule has 0 bridgehead atoms. The zero-order chi connectivity index (χ0) is 12.7. The van der Waals surface area contributed by atoms with Crippen LogP contribution < -0.4 is 4.90 Å². The molecule has 0 saturated carbocycles. The third-order valence-electron chi connectivity index (χ3n) is 4.05. The number of aromatic nitrogens is 1. The van der Waals surface area contributed by atoms with Crippen LogP contribution in [0.2, 0.25) is 0 Å². The van der Waals surface area contributed by atoms with Gasteiger partial charge in [-0.3, -0.25) is 4.79 Å². The summed E-state index contributed by atoms with van der Waals surface area (Å²) in [7, 11) is 0. The molecule has 1 aromatic rings. The lowest BCUT2D eigenvalue weighted by Crippen LogP contribution is -2.37. The zero-order valence-electron chi connectivity index (χ0n) is 10.6. The van der Waals surface area contributed by atoms with E-state index in [0.717, 1.165) is 30.2 Å². The first-order valence-corrected chi connectivity index (χ1v) is 7.47. The number of fused-ring (bicyclic) bond motifs is 1. The Morgan fingerprint density at radius 3 is 3.00 bits per heavy atom. The van der Waals surface area contributed by atoms with Crippen molar-refractivity contribution < 1.29 is 9.90 Å². The van der Waals surface area contributed by atoms with E-state index in [-0.39, 0.29) is 5.92 Å². The number of aliphatic carboxylic acids is 1. The fourth-order valence-corrected chi connectivity index (χ4v) is 4.23. The number of hydrogen-bond donors (Lipinski definition) is 1. The summed E-state index contributed by atoms with van der Waals surface area (Å²) in [5.41, 5.74) is 0.834. The molecule has 3 rings (SSSR count). The Kier molecular flexibility index (Phi) is 3.01. The van der Waals surface area contributed by atoms with Gasteiger partial charge in [-0.2, -0.15) is 0 Å².